The van der Waals surface area contributed by atoms with E-state index in [1.807, 2.05) is 0 Å². The van der Waals surface area contributed by atoms with Crippen LogP contribution in [0.15, 0.2) is 28.7 Å². The number of nitrogens with two attached hydrogens (primary N) is 1. The summed E-state index contributed by atoms with van der Waals surface area (Å²) in [6.45, 7) is 0.809. The number of hydrogen-bond donors (Lipinski definition) is 1. The fourth-order valence-electron chi connectivity index (χ4n) is 5.88. The molecule has 5 rings (SSSR count). The zero-order valence-corrected chi connectivity index (χ0v) is 13.6. The second kappa shape index (κ2) is 5.14. The Morgan fingerprint density at radius 2 is 1.70 bits per heavy atom. The third kappa shape index (κ3) is 2.16. The van der Waals surface area contributed by atoms with Crippen molar-refractivity contribution in [3.05, 3.63) is 34.3 Å². The maximum atomic E-state index is 6.22. The van der Waals surface area contributed by atoms with E-state index in [-0.39, 0.29) is 0 Å². The van der Waals surface area contributed by atoms with Crippen molar-refractivity contribution in [2.75, 3.05) is 6.54 Å². The Morgan fingerprint density at radius 1 is 1.05 bits per heavy atom. The topological polar surface area (TPSA) is 26.0 Å². The highest BCUT2D eigenvalue weighted by Crippen LogP contribution is 2.59. The largest absolute Gasteiger partial charge is 0.330 e. The van der Waals surface area contributed by atoms with Crippen LogP contribution in [0, 0.1) is 29.6 Å². The molecular weight excluding hydrogens is 310 g/mol. The van der Waals surface area contributed by atoms with Gasteiger partial charge in [0.2, 0.25) is 0 Å². The second-order valence-electron chi connectivity index (χ2n) is 7.41. The summed E-state index contributed by atoms with van der Waals surface area (Å²) >= 11 is 3.62. The van der Waals surface area contributed by atoms with Gasteiger partial charge >= 0.3 is 0 Å². The Balaban J connectivity index is 1.65. The minimum atomic E-state index is 0.572. The highest BCUT2D eigenvalue weighted by Gasteiger charge is 2.50. The van der Waals surface area contributed by atoms with Gasteiger partial charge in [0.25, 0.3) is 0 Å². The van der Waals surface area contributed by atoms with Crippen molar-refractivity contribution in [1.29, 1.82) is 0 Å². The third-order valence-corrected chi connectivity index (χ3v) is 6.79. The van der Waals surface area contributed by atoms with Crippen LogP contribution in [0.4, 0.5) is 0 Å². The van der Waals surface area contributed by atoms with Gasteiger partial charge in [0.05, 0.1) is 0 Å². The van der Waals surface area contributed by atoms with Crippen molar-refractivity contribution in [1.82, 2.24) is 0 Å². The van der Waals surface area contributed by atoms with Crippen LogP contribution in [0.25, 0.3) is 0 Å². The van der Waals surface area contributed by atoms with E-state index < -0.39 is 0 Å². The molecule has 0 aliphatic heterocycles. The van der Waals surface area contributed by atoms with Crippen molar-refractivity contribution >= 4 is 15.9 Å². The van der Waals surface area contributed by atoms with Crippen LogP contribution in [0.1, 0.15) is 43.6 Å². The van der Waals surface area contributed by atoms with Gasteiger partial charge in [0.15, 0.2) is 0 Å². The van der Waals surface area contributed by atoms with Crippen LogP contribution in [0.2, 0.25) is 0 Å². The van der Waals surface area contributed by atoms with Gasteiger partial charge in [-0.05, 0) is 91.9 Å². The lowest BCUT2D eigenvalue weighted by atomic mass is 9.49. The van der Waals surface area contributed by atoms with E-state index in [9.17, 15) is 0 Å². The van der Waals surface area contributed by atoms with Crippen molar-refractivity contribution < 1.29 is 0 Å². The Morgan fingerprint density at radius 3 is 2.25 bits per heavy atom. The van der Waals surface area contributed by atoms with E-state index in [4.69, 9.17) is 5.73 Å². The summed E-state index contributed by atoms with van der Waals surface area (Å²) in [6, 6.07) is 8.86. The molecule has 4 bridgehead atoms. The monoisotopic (exact) mass is 333 g/mol. The van der Waals surface area contributed by atoms with E-state index in [1.165, 1.54) is 42.1 Å². The number of rotatable bonds is 3. The van der Waals surface area contributed by atoms with Crippen LogP contribution >= 0.6 is 15.9 Å². The van der Waals surface area contributed by atoms with Crippen LogP contribution in [-0.2, 0) is 0 Å². The Kier molecular flexibility index (Phi) is 3.42. The van der Waals surface area contributed by atoms with Gasteiger partial charge in [0, 0.05) is 4.47 Å². The molecule has 4 fully saturated rings. The zero-order chi connectivity index (χ0) is 13.7. The van der Waals surface area contributed by atoms with Gasteiger partial charge in [-0.2, -0.15) is 0 Å². The van der Waals surface area contributed by atoms with Crippen LogP contribution < -0.4 is 5.73 Å². The first-order valence-corrected chi connectivity index (χ1v) is 8.99. The maximum Gasteiger partial charge on any atom is 0.0178 e. The predicted molar refractivity (Wildman–Crippen MR) is 86.5 cm³/mol. The molecule has 20 heavy (non-hydrogen) atoms. The van der Waals surface area contributed by atoms with Crippen LogP contribution in [0.3, 0.4) is 0 Å². The van der Waals surface area contributed by atoms with Gasteiger partial charge in [0.1, 0.15) is 0 Å². The Labute approximate surface area is 130 Å². The minimum absolute atomic E-state index is 0.572. The average Bonchev–Trinajstić information content (AvgIpc) is 2.42. The first-order valence-electron chi connectivity index (χ1n) is 8.20. The lowest BCUT2D eigenvalue weighted by molar-refractivity contribution is -0.0467. The molecule has 4 saturated carbocycles. The lowest BCUT2D eigenvalue weighted by Crippen LogP contribution is -2.48. The standard InChI is InChI=1S/C18H24BrN/c19-16-3-1-2-13(9-16)17(10-20)18-14-5-11-4-12(7-14)8-15(18)6-11/h1-3,9,11-12,14-15,17-18H,4-8,10,20H2. The fourth-order valence-corrected chi connectivity index (χ4v) is 6.29. The Bertz CT molecular complexity index is 470. The molecule has 1 nitrogen and oxygen atoms in total. The molecule has 1 aromatic rings. The maximum absolute atomic E-state index is 6.22. The molecule has 1 atom stereocenters. The van der Waals surface area contributed by atoms with Crippen LogP contribution in [0.5, 0.6) is 0 Å². The van der Waals surface area contributed by atoms with Gasteiger partial charge in [-0.15, -0.1) is 0 Å². The van der Waals surface area contributed by atoms with E-state index in [0.717, 1.165) is 36.1 Å². The van der Waals surface area contributed by atoms with Crippen molar-refractivity contribution in [2.24, 2.45) is 35.3 Å². The summed E-state index contributed by atoms with van der Waals surface area (Å²) in [6.07, 6.45) is 7.48. The van der Waals surface area contributed by atoms with E-state index >= 15 is 0 Å². The minimum Gasteiger partial charge on any atom is -0.330 e. The summed E-state index contributed by atoms with van der Waals surface area (Å²) in [7, 11) is 0. The van der Waals surface area contributed by atoms with E-state index in [0.29, 0.717) is 5.92 Å². The fraction of sp³-hybridized carbons (Fsp3) is 0.667. The molecular formula is C18H24BrN. The van der Waals surface area contributed by atoms with Gasteiger partial charge in [-0.3, -0.25) is 0 Å². The number of hydrogen-bond acceptors (Lipinski definition) is 1. The van der Waals surface area contributed by atoms with Crippen LogP contribution in [-0.4, -0.2) is 6.54 Å². The van der Waals surface area contributed by atoms with Crippen molar-refractivity contribution in [2.45, 2.75) is 38.0 Å². The summed E-state index contributed by atoms with van der Waals surface area (Å²) in [4.78, 5) is 0. The summed E-state index contributed by atoms with van der Waals surface area (Å²) in [5.41, 5.74) is 7.68. The molecule has 2 N–H and O–H groups in total. The summed E-state index contributed by atoms with van der Waals surface area (Å²) < 4.78 is 1.19. The average molecular weight is 334 g/mol. The van der Waals surface area contributed by atoms with E-state index in [2.05, 4.69) is 40.2 Å². The highest BCUT2D eigenvalue weighted by atomic mass is 79.9. The van der Waals surface area contributed by atoms with Gasteiger partial charge in [-0.25, -0.2) is 0 Å². The van der Waals surface area contributed by atoms with Crippen molar-refractivity contribution in [3.8, 4) is 0 Å². The smallest absolute Gasteiger partial charge is 0.0178 e. The first-order chi connectivity index (χ1) is 9.74. The summed E-state index contributed by atoms with van der Waals surface area (Å²) in [5.74, 6) is 5.44. The molecule has 0 heterocycles. The first kappa shape index (κ1) is 13.3. The highest BCUT2D eigenvalue weighted by molar-refractivity contribution is 9.10. The molecule has 0 amide bonds. The van der Waals surface area contributed by atoms with Gasteiger partial charge in [-0.1, -0.05) is 28.1 Å². The molecule has 108 valence electrons. The molecule has 2 heteroatoms. The Hall–Kier alpha value is -0.340. The molecule has 0 radical (unpaired) electrons. The molecule has 1 aromatic carbocycles. The zero-order valence-electron chi connectivity index (χ0n) is 12.0. The molecule has 4 aliphatic carbocycles. The predicted octanol–water partition coefficient (Wildman–Crippen LogP) is 4.56. The summed E-state index contributed by atoms with van der Waals surface area (Å²) in [5, 5.41) is 0. The quantitative estimate of drug-likeness (QED) is 0.861. The number of benzene rings is 1. The molecule has 1 unspecified atom stereocenters. The second-order valence-corrected chi connectivity index (χ2v) is 8.32. The third-order valence-electron chi connectivity index (χ3n) is 6.30. The molecule has 4 aliphatic rings. The number of halogens is 1. The lowest BCUT2D eigenvalue weighted by Gasteiger charge is -2.56. The molecule has 0 spiro atoms. The normalized spacial score (nSPS) is 40.0. The molecule has 0 saturated heterocycles. The van der Waals surface area contributed by atoms with E-state index in [1.54, 1.807) is 0 Å². The SMILES string of the molecule is NCC(c1cccc(Br)c1)C1C2CC3CC(C2)CC1C3. The molecule has 0 aromatic heterocycles. The van der Waals surface area contributed by atoms with Gasteiger partial charge < -0.3 is 5.73 Å². The van der Waals surface area contributed by atoms with Crippen molar-refractivity contribution in [3.63, 3.8) is 0 Å².